The van der Waals surface area contributed by atoms with Crippen molar-refractivity contribution in [1.82, 2.24) is 9.62 Å². The summed E-state index contributed by atoms with van der Waals surface area (Å²) < 4.78 is 27.4. The zero-order valence-corrected chi connectivity index (χ0v) is 18.4. The molecule has 1 fully saturated rings. The lowest BCUT2D eigenvalue weighted by Gasteiger charge is -2.32. The lowest BCUT2D eigenvalue weighted by molar-refractivity contribution is -0.126. The van der Waals surface area contributed by atoms with E-state index in [1.165, 1.54) is 15.4 Å². The van der Waals surface area contributed by atoms with Crippen molar-refractivity contribution < 1.29 is 13.2 Å². The summed E-state index contributed by atoms with van der Waals surface area (Å²) in [6.45, 7) is 8.68. The second-order valence-corrected chi connectivity index (χ2v) is 10.0. The molecule has 0 bridgehead atoms. The minimum atomic E-state index is -3.58. The Kier molecular flexibility index (Phi) is 6.44. The molecule has 2 aromatic rings. The Morgan fingerprint density at radius 2 is 1.76 bits per heavy atom. The average molecular weight is 415 g/mol. The number of nitrogens with one attached hydrogen (secondary N) is 1. The first-order chi connectivity index (χ1) is 13.7. The molecule has 2 atom stereocenters. The Morgan fingerprint density at radius 1 is 1.07 bits per heavy atom. The molecule has 29 heavy (non-hydrogen) atoms. The fraction of sp³-hybridized carbons (Fsp3) is 0.435. The van der Waals surface area contributed by atoms with Gasteiger partial charge in [-0.1, -0.05) is 35.9 Å². The van der Waals surface area contributed by atoms with Crippen molar-refractivity contribution in [3.05, 3.63) is 64.7 Å². The monoisotopic (exact) mass is 414 g/mol. The molecule has 1 N–H and O–H groups in total. The maximum absolute atomic E-state index is 13.0. The van der Waals surface area contributed by atoms with Crippen LogP contribution in [0.4, 0.5) is 0 Å². The smallest absolute Gasteiger partial charge is 0.243 e. The normalized spacial score (nSPS) is 19.0. The van der Waals surface area contributed by atoms with E-state index in [-0.39, 0.29) is 29.3 Å². The maximum atomic E-state index is 13.0. The van der Waals surface area contributed by atoms with Crippen LogP contribution in [0, 0.1) is 26.7 Å². The van der Waals surface area contributed by atoms with E-state index in [1.54, 1.807) is 24.3 Å². The highest BCUT2D eigenvalue weighted by molar-refractivity contribution is 7.89. The van der Waals surface area contributed by atoms with Gasteiger partial charge in [-0.05, 0) is 69.4 Å². The molecule has 3 rings (SSSR count). The summed E-state index contributed by atoms with van der Waals surface area (Å²) in [5.74, 6) is -0.419. The van der Waals surface area contributed by atoms with E-state index in [0.717, 1.165) is 11.1 Å². The molecular formula is C23H30N2O3S. The summed E-state index contributed by atoms with van der Waals surface area (Å²) >= 11 is 0. The van der Waals surface area contributed by atoms with E-state index >= 15 is 0 Å². The Labute approximate surface area is 174 Å². The zero-order chi connectivity index (χ0) is 21.2. The van der Waals surface area contributed by atoms with Gasteiger partial charge >= 0.3 is 0 Å². The molecule has 1 aliphatic heterocycles. The van der Waals surface area contributed by atoms with Crippen LogP contribution in [-0.4, -0.2) is 31.7 Å². The van der Waals surface area contributed by atoms with Gasteiger partial charge in [0.2, 0.25) is 15.9 Å². The summed E-state index contributed by atoms with van der Waals surface area (Å²) in [7, 11) is -3.58. The average Bonchev–Trinajstić information content (AvgIpc) is 2.70. The third kappa shape index (κ3) is 4.87. The van der Waals surface area contributed by atoms with Crippen molar-refractivity contribution in [1.29, 1.82) is 0 Å². The number of carbonyl (C=O) groups is 1. The Balaban J connectivity index is 1.68. The van der Waals surface area contributed by atoms with E-state index < -0.39 is 10.0 Å². The van der Waals surface area contributed by atoms with Gasteiger partial charge in [-0.25, -0.2) is 8.42 Å². The quantitative estimate of drug-likeness (QED) is 0.807. The van der Waals surface area contributed by atoms with Gasteiger partial charge in [0, 0.05) is 13.1 Å². The van der Waals surface area contributed by atoms with Crippen LogP contribution in [0.15, 0.2) is 47.4 Å². The molecular weight excluding hydrogens is 384 g/mol. The third-order valence-electron chi connectivity index (χ3n) is 5.80. The SMILES string of the molecule is Cc1ccc(S(=O)(=O)N2CCC[C@@H](C(=O)N[C@@H](C)c3ccc(C)c(C)c3)C2)cc1. The van der Waals surface area contributed by atoms with Crippen LogP contribution in [0.3, 0.4) is 0 Å². The van der Waals surface area contributed by atoms with E-state index in [2.05, 4.69) is 31.3 Å². The van der Waals surface area contributed by atoms with Crippen LogP contribution >= 0.6 is 0 Å². The Bertz CT molecular complexity index is 984. The molecule has 6 heteroatoms. The number of amides is 1. The van der Waals surface area contributed by atoms with E-state index in [9.17, 15) is 13.2 Å². The van der Waals surface area contributed by atoms with Crippen molar-refractivity contribution in [3.8, 4) is 0 Å². The molecule has 5 nitrogen and oxygen atoms in total. The van der Waals surface area contributed by atoms with Crippen LogP contribution < -0.4 is 5.32 Å². The summed E-state index contributed by atoms with van der Waals surface area (Å²) in [5.41, 5.74) is 4.48. The van der Waals surface area contributed by atoms with Gasteiger partial charge in [-0.2, -0.15) is 4.31 Å². The Morgan fingerprint density at radius 3 is 2.41 bits per heavy atom. The standard InChI is InChI=1S/C23H30N2O3S/c1-16-7-11-22(12-8-16)29(27,28)25-13-5-6-21(15-25)23(26)24-19(4)20-10-9-17(2)18(3)14-20/h7-12,14,19,21H,5-6,13,15H2,1-4H3,(H,24,26)/t19-,21+/m0/s1. The fourth-order valence-corrected chi connectivity index (χ4v) is 5.21. The minimum absolute atomic E-state index is 0.0838. The number of nitrogens with zero attached hydrogens (tertiary/aromatic N) is 1. The highest BCUT2D eigenvalue weighted by Gasteiger charge is 2.33. The highest BCUT2D eigenvalue weighted by Crippen LogP contribution is 2.25. The number of carbonyl (C=O) groups excluding carboxylic acids is 1. The van der Waals surface area contributed by atoms with Gasteiger partial charge in [0.05, 0.1) is 16.9 Å². The second kappa shape index (κ2) is 8.67. The van der Waals surface area contributed by atoms with E-state index in [1.807, 2.05) is 19.9 Å². The lowest BCUT2D eigenvalue weighted by atomic mass is 9.97. The number of rotatable bonds is 5. The molecule has 0 unspecified atom stereocenters. The number of piperidine rings is 1. The van der Waals surface area contributed by atoms with Gasteiger partial charge in [0.25, 0.3) is 0 Å². The summed E-state index contributed by atoms with van der Waals surface area (Å²) in [6, 6.07) is 12.9. The van der Waals surface area contributed by atoms with Crippen molar-refractivity contribution in [2.24, 2.45) is 5.92 Å². The summed E-state index contributed by atoms with van der Waals surface area (Å²) in [4.78, 5) is 13.1. The van der Waals surface area contributed by atoms with Gasteiger partial charge in [0.1, 0.15) is 0 Å². The largest absolute Gasteiger partial charge is 0.349 e. The molecule has 1 saturated heterocycles. The van der Waals surface area contributed by atoms with Crippen LogP contribution in [0.5, 0.6) is 0 Å². The van der Waals surface area contributed by atoms with Gasteiger partial charge in [-0.15, -0.1) is 0 Å². The molecule has 0 saturated carbocycles. The first kappa shape index (κ1) is 21.5. The molecule has 2 aromatic carbocycles. The number of hydrogen-bond donors (Lipinski definition) is 1. The molecule has 0 aromatic heterocycles. The van der Waals surface area contributed by atoms with Gasteiger partial charge in [0.15, 0.2) is 0 Å². The van der Waals surface area contributed by atoms with E-state index in [4.69, 9.17) is 0 Å². The van der Waals surface area contributed by atoms with Crippen LogP contribution in [0.25, 0.3) is 0 Å². The molecule has 0 aliphatic carbocycles. The molecule has 1 amide bonds. The van der Waals surface area contributed by atoms with Crippen molar-refractivity contribution in [2.75, 3.05) is 13.1 Å². The minimum Gasteiger partial charge on any atom is -0.349 e. The maximum Gasteiger partial charge on any atom is 0.243 e. The first-order valence-electron chi connectivity index (χ1n) is 10.1. The fourth-order valence-electron chi connectivity index (χ4n) is 3.68. The lowest BCUT2D eigenvalue weighted by Crippen LogP contribution is -2.45. The predicted molar refractivity (Wildman–Crippen MR) is 115 cm³/mol. The molecule has 1 aliphatic rings. The number of aryl methyl sites for hydroxylation is 3. The van der Waals surface area contributed by atoms with E-state index in [0.29, 0.717) is 19.4 Å². The van der Waals surface area contributed by atoms with Gasteiger partial charge in [-0.3, -0.25) is 4.79 Å². The molecule has 0 radical (unpaired) electrons. The second-order valence-electron chi connectivity index (χ2n) is 8.09. The number of hydrogen-bond acceptors (Lipinski definition) is 3. The summed E-state index contributed by atoms with van der Waals surface area (Å²) in [6.07, 6.45) is 1.38. The van der Waals surface area contributed by atoms with Crippen molar-refractivity contribution in [2.45, 2.75) is 51.5 Å². The van der Waals surface area contributed by atoms with Crippen molar-refractivity contribution in [3.63, 3.8) is 0 Å². The van der Waals surface area contributed by atoms with Crippen molar-refractivity contribution >= 4 is 15.9 Å². The molecule has 1 heterocycles. The number of sulfonamides is 1. The third-order valence-corrected chi connectivity index (χ3v) is 7.68. The highest BCUT2D eigenvalue weighted by atomic mass is 32.2. The van der Waals surface area contributed by atoms with Crippen LogP contribution in [0.2, 0.25) is 0 Å². The number of benzene rings is 2. The molecule has 156 valence electrons. The molecule has 0 spiro atoms. The van der Waals surface area contributed by atoms with Crippen LogP contribution in [0.1, 0.15) is 48.1 Å². The Hall–Kier alpha value is -2.18. The summed E-state index contributed by atoms with van der Waals surface area (Å²) in [5, 5.41) is 3.07. The predicted octanol–water partition coefficient (Wildman–Crippen LogP) is 3.89. The topological polar surface area (TPSA) is 66.5 Å². The first-order valence-corrected chi connectivity index (χ1v) is 11.6. The van der Waals surface area contributed by atoms with Gasteiger partial charge < -0.3 is 5.32 Å². The zero-order valence-electron chi connectivity index (χ0n) is 17.6. The van der Waals surface area contributed by atoms with Crippen LogP contribution in [-0.2, 0) is 14.8 Å².